The summed E-state index contributed by atoms with van der Waals surface area (Å²) in [5.41, 5.74) is 3.13. The van der Waals surface area contributed by atoms with Crippen molar-refractivity contribution >= 4 is 34.3 Å². The lowest BCUT2D eigenvalue weighted by Crippen LogP contribution is -2.37. The third-order valence-electron chi connectivity index (χ3n) is 7.96. The maximum Gasteiger partial charge on any atom is 0.323 e. The Morgan fingerprint density at radius 3 is 2.33 bits per heavy atom. The topological polar surface area (TPSA) is 121 Å². The second kappa shape index (κ2) is 13.3. The molecule has 2 aliphatic heterocycles. The molecule has 4 heterocycles. The van der Waals surface area contributed by atoms with Gasteiger partial charge in [-0.3, -0.25) is 0 Å². The summed E-state index contributed by atoms with van der Waals surface area (Å²) in [6.07, 6.45) is 5.81. The quantitative estimate of drug-likeness (QED) is 0.254. The smallest absolute Gasteiger partial charge is 0.323 e. The number of morpholine rings is 1. The highest BCUT2D eigenvalue weighted by molar-refractivity contribution is 5.99. The van der Waals surface area contributed by atoms with Gasteiger partial charge in [-0.2, -0.15) is 5.10 Å². The molecule has 220 valence electrons. The zero-order valence-electron chi connectivity index (χ0n) is 23.8. The van der Waals surface area contributed by atoms with Gasteiger partial charge in [0.15, 0.2) is 11.5 Å². The first kappa shape index (κ1) is 28.1. The number of hydrogen-bond acceptors (Lipinski definition) is 8. The van der Waals surface area contributed by atoms with Crippen LogP contribution >= 0.6 is 0 Å². The lowest BCUT2D eigenvalue weighted by Gasteiger charge is -2.32. The molecule has 2 fully saturated rings. The molecular weight excluding hydrogens is 532 g/mol. The van der Waals surface area contributed by atoms with Gasteiger partial charge in [-0.25, -0.2) is 19.4 Å². The van der Waals surface area contributed by atoms with Crippen molar-refractivity contribution in [3.8, 4) is 11.4 Å². The Bertz CT molecular complexity index is 1460. The Morgan fingerprint density at radius 1 is 0.905 bits per heavy atom. The van der Waals surface area contributed by atoms with Crippen LogP contribution in [0.25, 0.3) is 22.4 Å². The van der Waals surface area contributed by atoms with Crippen molar-refractivity contribution in [3.05, 3.63) is 60.8 Å². The van der Waals surface area contributed by atoms with Crippen molar-refractivity contribution in [3.63, 3.8) is 0 Å². The normalized spacial score (nSPS) is 16.5. The number of anilines is 3. The van der Waals surface area contributed by atoms with Crippen LogP contribution in [-0.2, 0) is 4.74 Å². The number of carbonyl (C=O) groups excluding carboxylic acids is 1. The first-order chi connectivity index (χ1) is 20.7. The highest BCUT2D eigenvalue weighted by Crippen LogP contribution is 2.32. The van der Waals surface area contributed by atoms with Crippen molar-refractivity contribution < 1.29 is 14.6 Å². The number of likely N-dealkylation sites (tertiary alicyclic amines) is 1. The third kappa shape index (κ3) is 6.53. The maximum absolute atomic E-state index is 12.5. The van der Waals surface area contributed by atoms with Gasteiger partial charge in [-0.05, 0) is 68.6 Å². The van der Waals surface area contributed by atoms with Gasteiger partial charge in [-0.15, -0.1) is 0 Å². The zero-order chi connectivity index (χ0) is 28.7. The van der Waals surface area contributed by atoms with E-state index in [2.05, 4.69) is 25.1 Å². The molecular formula is C31H38N8O3. The summed E-state index contributed by atoms with van der Waals surface area (Å²) in [6.45, 7) is 6.16. The van der Waals surface area contributed by atoms with Crippen LogP contribution < -0.4 is 15.5 Å². The van der Waals surface area contributed by atoms with Gasteiger partial charge < -0.3 is 30.3 Å². The Labute approximate surface area is 245 Å². The van der Waals surface area contributed by atoms with Crippen molar-refractivity contribution in [2.45, 2.75) is 31.7 Å². The van der Waals surface area contributed by atoms with E-state index in [0.717, 1.165) is 86.5 Å². The average Bonchev–Trinajstić information content (AvgIpc) is 3.46. The Kier molecular flexibility index (Phi) is 8.88. The van der Waals surface area contributed by atoms with E-state index in [4.69, 9.17) is 24.9 Å². The van der Waals surface area contributed by atoms with E-state index in [1.165, 1.54) is 0 Å². The van der Waals surface area contributed by atoms with Gasteiger partial charge in [0.1, 0.15) is 5.82 Å². The van der Waals surface area contributed by atoms with E-state index >= 15 is 0 Å². The maximum atomic E-state index is 12.5. The number of amides is 2. The number of nitrogens with zero attached hydrogens (tertiary/aromatic N) is 6. The number of carbonyl (C=O) groups is 1. The summed E-state index contributed by atoms with van der Waals surface area (Å²) < 4.78 is 7.71. The Hall–Kier alpha value is -4.06. The van der Waals surface area contributed by atoms with Crippen LogP contribution in [-0.4, -0.2) is 88.3 Å². The highest BCUT2D eigenvalue weighted by atomic mass is 16.5. The fourth-order valence-electron chi connectivity index (χ4n) is 5.68. The number of aliphatic hydroxyl groups excluding tert-OH is 1. The number of benzene rings is 2. The molecule has 2 aliphatic rings. The number of para-hydroxylation sites is 1. The summed E-state index contributed by atoms with van der Waals surface area (Å²) in [6, 6.07) is 16.9. The number of ether oxygens (including phenoxy) is 1. The number of rotatable bonds is 9. The number of urea groups is 1. The summed E-state index contributed by atoms with van der Waals surface area (Å²) in [5.74, 6) is 1.52. The molecule has 2 aromatic carbocycles. The molecule has 0 atom stereocenters. The van der Waals surface area contributed by atoms with E-state index in [-0.39, 0.29) is 18.7 Å². The van der Waals surface area contributed by atoms with Gasteiger partial charge in [-0.1, -0.05) is 18.2 Å². The Balaban J connectivity index is 1.24. The van der Waals surface area contributed by atoms with Crippen LogP contribution in [0.1, 0.15) is 31.7 Å². The monoisotopic (exact) mass is 570 g/mol. The van der Waals surface area contributed by atoms with Gasteiger partial charge in [0.2, 0.25) is 0 Å². The molecule has 0 spiro atoms. The molecule has 42 heavy (non-hydrogen) atoms. The van der Waals surface area contributed by atoms with Crippen molar-refractivity contribution in [1.82, 2.24) is 24.6 Å². The second-order valence-electron chi connectivity index (χ2n) is 10.8. The SMILES string of the molecule is O=C(Nc1ccccc1)Nc1ccc(-c2nc(N3CCOCC3)c3cnn(C4CCN(CCCCO)CC4)c3n2)cc1. The molecule has 0 saturated carbocycles. The molecule has 6 rings (SSSR count). The lowest BCUT2D eigenvalue weighted by molar-refractivity contribution is 0.122. The average molecular weight is 571 g/mol. The number of unbranched alkanes of at least 4 members (excludes halogenated alkanes) is 1. The fourth-order valence-corrected chi connectivity index (χ4v) is 5.68. The molecule has 11 heteroatoms. The fraction of sp³-hybridized carbons (Fsp3) is 0.419. The molecule has 0 bridgehead atoms. The van der Waals surface area contributed by atoms with Crippen molar-refractivity contribution in [2.24, 2.45) is 0 Å². The standard InChI is InChI=1S/C31H38N8O3/c40-19-5-4-14-37-15-12-26(13-16-37)39-30-27(22-32-39)29(38-17-20-42-21-18-38)35-28(36-30)23-8-10-25(11-9-23)34-31(41)33-24-6-2-1-3-7-24/h1-3,6-11,22,26,40H,4-5,12-21H2,(H2,33,34,41). The molecule has 0 radical (unpaired) electrons. The zero-order valence-corrected chi connectivity index (χ0v) is 23.8. The largest absolute Gasteiger partial charge is 0.396 e. The van der Waals surface area contributed by atoms with Crippen molar-refractivity contribution in [1.29, 1.82) is 0 Å². The molecule has 3 N–H and O–H groups in total. The summed E-state index contributed by atoms with van der Waals surface area (Å²) in [5, 5.41) is 20.6. The summed E-state index contributed by atoms with van der Waals surface area (Å²) >= 11 is 0. The minimum Gasteiger partial charge on any atom is -0.396 e. The van der Waals surface area contributed by atoms with E-state index in [0.29, 0.717) is 24.7 Å². The van der Waals surface area contributed by atoms with E-state index in [9.17, 15) is 4.79 Å². The molecule has 2 aromatic heterocycles. The van der Waals surface area contributed by atoms with Crippen LogP contribution in [0.5, 0.6) is 0 Å². The number of hydrogen-bond donors (Lipinski definition) is 3. The molecule has 0 aliphatic carbocycles. The molecule has 2 amide bonds. The number of aliphatic hydroxyl groups is 1. The van der Waals surface area contributed by atoms with Crippen LogP contribution in [0.3, 0.4) is 0 Å². The van der Waals surface area contributed by atoms with E-state index in [1.54, 1.807) is 0 Å². The van der Waals surface area contributed by atoms with Crippen LogP contribution in [0.4, 0.5) is 22.0 Å². The molecule has 11 nitrogen and oxygen atoms in total. The Morgan fingerprint density at radius 2 is 1.62 bits per heavy atom. The van der Waals surface area contributed by atoms with Gasteiger partial charge in [0.05, 0.1) is 30.8 Å². The van der Waals surface area contributed by atoms with Crippen LogP contribution in [0, 0.1) is 0 Å². The predicted octanol–water partition coefficient (Wildman–Crippen LogP) is 4.38. The van der Waals surface area contributed by atoms with Crippen molar-refractivity contribution in [2.75, 3.05) is 68.1 Å². The summed E-state index contributed by atoms with van der Waals surface area (Å²) in [4.78, 5) is 27.3. The minimum absolute atomic E-state index is 0.256. The number of piperidine rings is 1. The molecule has 4 aromatic rings. The minimum atomic E-state index is -0.301. The van der Waals surface area contributed by atoms with E-state index < -0.39 is 0 Å². The number of nitrogens with one attached hydrogen (secondary N) is 2. The van der Waals surface area contributed by atoms with Gasteiger partial charge in [0, 0.05) is 49.7 Å². The summed E-state index contributed by atoms with van der Waals surface area (Å²) in [7, 11) is 0. The third-order valence-corrected chi connectivity index (χ3v) is 7.96. The first-order valence-electron chi connectivity index (χ1n) is 14.8. The first-order valence-corrected chi connectivity index (χ1v) is 14.8. The van der Waals surface area contributed by atoms with Gasteiger partial charge >= 0.3 is 6.03 Å². The van der Waals surface area contributed by atoms with E-state index in [1.807, 2.05) is 60.8 Å². The second-order valence-corrected chi connectivity index (χ2v) is 10.8. The molecule has 0 unspecified atom stereocenters. The number of aromatic nitrogens is 4. The lowest BCUT2D eigenvalue weighted by atomic mass is 10.0. The number of fused-ring (bicyclic) bond motifs is 1. The predicted molar refractivity (Wildman–Crippen MR) is 164 cm³/mol. The molecule has 2 saturated heterocycles. The van der Waals surface area contributed by atoms with Crippen LogP contribution in [0.15, 0.2) is 60.8 Å². The van der Waals surface area contributed by atoms with Crippen LogP contribution in [0.2, 0.25) is 0 Å². The van der Waals surface area contributed by atoms with Gasteiger partial charge in [0.25, 0.3) is 0 Å². The highest BCUT2D eigenvalue weighted by Gasteiger charge is 2.26.